The van der Waals surface area contributed by atoms with Crippen LogP contribution in [-0.4, -0.2) is 60.4 Å². The van der Waals surface area contributed by atoms with Crippen molar-refractivity contribution in [1.29, 1.82) is 0 Å². The Morgan fingerprint density at radius 1 is 1.20 bits per heavy atom. The summed E-state index contributed by atoms with van der Waals surface area (Å²) in [4.78, 5) is 28.2. The smallest absolute Gasteiger partial charge is 0.312 e. The molecule has 1 saturated heterocycles. The Morgan fingerprint density at radius 2 is 1.95 bits per heavy atom. The van der Waals surface area contributed by atoms with Crippen molar-refractivity contribution in [2.45, 2.75) is 52.5 Å². The molecule has 0 radical (unpaired) electrons. The summed E-state index contributed by atoms with van der Waals surface area (Å²) in [6.45, 7) is 9.77. The molecule has 0 aliphatic carbocycles. The first-order valence-corrected chi connectivity index (χ1v) is 7.88. The molecule has 1 fully saturated rings. The summed E-state index contributed by atoms with van der Waals surface area (Å²) in [6.07, 6.45) is 4.09. The highest BCUT2D eigenvalue weighted by atomic mass is 16.2. The Labute approximate surface area is 122 Å². The number of rotatable bonds is 5. The summed E-state index contributed by atoms with van der Waals surface area (Å²) in [6, 6.07) is 0.0772. The minimum Gasteiger partial charge on any atom is -0.333 e. The summed E-state index contributed by atoms with van der Waals surface area (Å²) in [7, 11) is 0. The van der Waals surface area contributed by atoms with E-state index in [1.165, 1.54) is 0 Å². The molecule has 0 spiro atoms. The molecule has 5 heteroatoms. The highest BCUT2D eigenvalue weighted by molar-refractivity contribution is 6.35. The van der Waals surface area contributed by atoms with Crippen LogP contribution in [0.1, 0.15) is 46.5 Å². The van der Waals surface area contributed by atoms with Crippen molar-refractivity contribution in [3.63, 3.8) is 0 Å². The normalized spacial score (nSPS) is 16.1. The molecule has 116 valence electrons. The lowest BCUT2D eigenvalue weighted by molar-refractivity contribution is -0.152. The zero-order valence-electron chi connectivity index (χ0n) is 13.2. The largest absolute Gasteiger partial charge is 0.333 e. The SMILES string of the molecule is CCCCCN(C(=O)C(=O)N1CCCNCC1)C(C)C. The van der Waals surface area contributed by atoms with E-state index in [2.05, 4.69) is 12.2 Å². The summed E-state index contributed by atoms with van der Waals surface area (Å²) in [5, 5.41) is 3.25. The maximum atomic E-state index is 12.4. The van der Waals surface area contributed by atoms with Crippen LogP contribution in [0.5, 0.6) is 0 Å². The topological polar surface area (TPSA) is 52.7 Å². The van der Waals surface area contributed by atoms with E-state index in [1.807, 2.05) is 13.8 Å². The molecule has 0 saturated carbocycles. The van der Waals surface area contributed by atoms with Crippen LogP contribution in [0.2, 0.25) is 0 Å². The fraction of sp³-hybridized carbons (Fsp3) is 0.867. The van der Waals surface area contributed by atoms with Gasteiger partial charge in [-0.25, -0.2) is 0 Å². The van der Waals surface area contributed by atoms with Gasteiger partial charge in [0.2, 0.25) is 0 Å². The van der Waals surface area contributed by atoms with E-state index >= 15 is 0 Å². The lowest BCUT2D eigenvalue weighted by Crippen LogP contribution is -2.49. The van der Waals surface area contributed by atoms with Gasteiger partial charge in [-0.2, -0.15) is 0 Å². The van der Waals surface area contributed by atoms with Crippen molar-refractivity contribution in [2.75, 3.05) is 32.7 Å². The van der Waals surface area contributed by atoms with Gasteiger partial charge in [-0.15, -0.1) is 0 Å². The predicted molar refractivity (Wildman–Crippen MR) is 80.4 cm³/mol. The lowest BCUT2D eigenvalue weighted by atomic mass is 10.2. The summed E-state index contributed by atoms with van der Waals surface area (Å²) < 4.78 is 0. The maximum Gasteiger partial charge on any atom is 0.312 e. The number of unbranched alkanes of at least 4 members (excludes halogenated alkanes) is 2. The molecule has 2 amide bonds. The quantitative estimate of drug-likeness (QED) is 0.610. The van der Waals surface area contributed by atoms with Crippen molar-refractivity contribution in [2.24, 2.45) is 0 Å². The molecule has 1 aliphatic rings. The van der Waals surface area contributed by atoms with Gasteiger partial charge >= 0.3 is 11.8 Å². The van der Waals surface area contributed by atoms with Crippen LogP contribution < -0.4 is 5.32 Å². The molecule has 0 bridgehead atoms. The van der Waals surface area contributed by atoms with E-state index in [0.717, 1.165) is 38.8 Å². The molecule has 20 heavy (non-hydrogen) atoms. The number of hydrogen-bond donors (Lipinski definition) is 1. The Morgan fingerprint density at radius 3 is 2.60 bits per heavy atom. The predicted octanol–water partition coefficient (Wildman–Crippen LogP) is 1.24. The first-order chi connectivity index (χ1) is 9.57. The van der Waals surface area contributed by atoms with Crippen LogP contribution in [0.25, 0.3) is 0 Å². The monoisotopic (exact) mass is 283 g/mol. The number of nitrogens with zero attached hydrogens (tertiary/aromatic N) is 2. The molecule has 1 rings (SSSR count). The molecule has 0 aromatic heterocycles. The number of carbonyl (C=O) groups is 2. The van der Waals surface area contributed by atoms with Crippen molar-refractivity contribution >= 4 is 11.8 Å². The number of amides is 2. The third-order valence-corrected chi connectivity index (χ3v) is 3.70. The molecule has 0 unspecified atom stereocenters. The fourth-order valence-corrected chi connectivity index (χ4v) is 2.43. The van der Waals surface area contributed by atoms with E-state index < -0.39 is 0 Å². The Hall–Kier alpha value is -1.10. The van der Waals surface area contributed by atoms with Crippen molar-refractivity contribution in [3.8, 4) is 0 Å². The molecule has 0 aromatic rings. The average molecular weight is 283 g/mol. The molecule has 1 N–H and O–H groups in total. The third-order valence-electron chi connectivity index (χ3n) is 3.70. The summed E-state index contributed by atoms with van der Waals surface area (Å²) >= 11 is 0. The van der Waals surface area contributed by atoms with Gasteiger partial charge in [-0.05, 0) is 33.2 Å². The number of hydrogen-bond acceptors (Lipinski definition) is 3. The van der Waals surface area contributed by atoms with Crippen LogP contribution in [0.4, 0.5) is 0 Å². The van der Waals surface area contributed by atoms with Gasteiger partial charge in [-0.1, -0.05) is 19.8 Å². The van der Waals surface area contributed by atoms with Gasteiger partial charge in [0.25, 0.3) is 0 Å². The van der Waals surface area contributed by atoms with Gasteiger partial charge < -0.3 is 15.1 Å². The Bertz CT molecular complexity index is 310. The standard InChI is InChI=1S/C15H29N3O2/c1-4-5-6-11-18(13(2)3)15(20)14(19)17-10-7-8-16-9-12-17/h13,16H,4-12H2,1-3H3. The van der Waals surface area contributed by atoms with E-state index in [0.29, 0.717) is 19.6 Å². The van der Waals surface area contributed by atoms with Crippen molar-refractivity contribution < 1.29 is 9.59 Å². The van der Waals surface area contributed by atoms with E-state index in [4.69, 9.17) is 0 Å². The lowest BCUT2D eigenvalue weighted by Gasteiger charge is -2.29. The van der Waals surface area contributed by atoms with Gasteiger partial charge in [0.15, 0.2) is 0 Å². The van der Waals surface area contributed by atoms with Gasteiger partial charge in [-0.3, -0.25) is 9.59 Å². The average Bonchev–Trinajstić information content (AvgIpc) is 2.70. The van der Waals surface area contributed by atoms with Gasteiger partial charge in [0.1, 0.15) is 0 Å². The van der Waals surface area contributed by atoms with Crippen LogP contribution in [0.15, 0.2) is 0 Å². The van der Waals surface area contributed by atoms with E-state index in [1.54, 1.807) is 9.80 Å². The summed E-state index contributed by atoms with van der Waals surface area (Å²) in [5.41, 5.74) is 0. The molecule has 5 nitrogen and oxygen atoms in total. The van der Waals surface area contributed by atoms with Crippen molar-refractivity contribution in [1.82, 2.24) is 15.1 Å². The molecule has 0 atom stereocenters. The van der Waals surface area contributed by atoms with Crippen molar-refractivity contribution in [3.05, 3.63) is 0 Å². The molecule has 1 aliphatic heterocycles. The number of carbonyl (C=O) groups excluding carboxylic acids is 2. The molecule has 0 aromatic carbocycles. The van der Waals surface area contributed by atoms with Gasteiger partial charge in [0.05, 0.1) is 0 Å². The first-order valence-electron chi connectivity index (χ1n) is 7.88. The Kier molecular flexibility index (Phi) is 7.59. The van der Waals surface area contributed by atoms with Gasteiger partial charge in [0, 0.05) is 32.2 Å². The first kappa shape index (κ1) is 17.0. The minimum absolute atomic E-state index is 0.0772. The van der Waals surface area contributed by atoms with E-state index in [9.17, 15) is 9.59 Å². The van der Waals surface area contributed by atoms with E-state index in [-0.39, 0.29) is 17.9 Å². The second kappa shape index (κ2) is 8.95. The maximum absolute atomic E-state index is 12.4. The summed E-state index contributed by atoms with van der Waals surface area (Å²) in [5.74, 6) is -0.670. The highest BCUT2D eigenvalue weighted by Gasteiger charge is 2.28. The van der Waals surface area contributed by atoms with Crippen LogP contribution in [0.3, 0.4) is 0 Å². The molecular weight excluding hydrogens is 254 g/mol. The van der Waals surface area contributed by atoms with Crippen LogP contribution in [-0.2, 0) is 9.59 Å². The van der Waals surface area contributed by atoms with Crippen LogP contribution >= 0.6 is 0 Å². The number of nitrogens with one attached hydrogen (secondary N) is 1. The third kappa shape index (κ3) is 5.12. The minimum atomic E-state index is -0.335. The highest BCUT2D eigenvalue weighted by Crippen LogP contribution is 2.07. The zero-order valence-corrected chi connectivity index (χ0v) is 13.2. The second-order valence-corrected chi connectivity index (χ2v) is 5.70. The molecule has 1 heterocycles. The fourth-order valence-electron chi connectivity index (χ4n) is 2.43. The Balaban J connectivity index is 2.59. The second-order valence-electron chi connectivity index (χ2n) is 5.70. The van der Waals surface area contributed by atoms with Crippen LogP contribution in [0, 0.1) is 0 Å². The molecular formula is C15H29N3O2. The zero-order chi connectivity index (χ0) is 15.0.